The van der Waals surface area contributed by atoms with Crippen molar-refractivity contribution in [1.82, 2.24) is 9.80 Å². The van der Waals surface area contributed by atoms with E-state index in [0.717, 1.165) is 29.6 Å². The van der Waals surface area contributed by atoms with Gasteiger partial charge in [-0.2, -0.15) is 0 Å². The molecule has 0 radical (unpaired) electrons. The van der Waals surface area contributed by atoms with Crippen LogP contribution >= 0.6 is 11.3 Å². The van der Waals surface area contributed by atoms with Gasteiger partial charge in [-0.3, -0.25) is 4.79 Å². The van der Waals surface area contributed by atoms with E-state index in [-0.39, 0.29) is 5.91 Å². The van der Waals surface area contributed by atoms with Crippen LogP contribution in [0.15, 0.2) is 11.4 Å². The fourth-order valence-corrected chi connectivity index (χ4v) is 4.21. The van der Waals surface area contributed by atoms with Crippen molar-refractivity contribution in [2.45, 2.75) is 32.2 Å². The van der Waals surface area contributed by atoms with E-state index in [0.29, 0.717) is 5.41 Å². The summed E-state index contributed by atoms with van der Waals surface area (Å²) < 4.78 is 0. The first kappa shape index (κ1) is 13.1. The predicted octanol–water partition coefficient (Wildman–Crippen LogP) is 2.61. The summed E-state index contributed by atoms with van der Waals surface area (Å²) in [6, 6.07) is 2.69. The number of thiophene rings is 1. The number of carbonyl (C=O) groups is 1. The molecule has 2 aliphatic rings. The highest BCUT2D eigenvalue weighted by Crippen LogP contribution is 2.49. The van der Waals surface area contributed by atoms with Crippen LogP contribution in [0, 0.1) is 12.3 Å². The highest BCUT2D eigenvalue weighted by atomic mass is 32.1. The molecule has 1 aromatic rings. The SMILES string of the molecule is Cc1sccc1C(=O)N1CCC2(CC(N(C)C)C2)C1. The van der Waals surface area contributed by atoms with Crippen LogP contribution in [0.4, 0.5) is 0 Å². The molecule has 1 spiro atoms. The van der Waals surface area contributed by atoms with Gasteiger partial charge in [-0.1, -0.05) is 0 Å². The summed E-state index contributed by atoms with van der Waals surface area (Å²) in [6.07, 6.45) is 3.70. The van der Waals surface area contributed by atoms with E-state index >= 15 is 0 Å². The second kappa shape index (κ2) is 4.60. The van der Waals surface area contributed by atoms with E-state index in [1.807, 2.05) is 18.4 Å². The molecule has 1 aliphatic heterocycles. The molecule has 3 rings (SSSR count). The lowest BCUT2D eigenvalue weighted by molar-refractivity contribution is 0.0313. The van der Waals surface area contributed by atoms with E-state index < -0.39 is 0 Å². The Bertz CT molecular complexity index is 488. The van der Waals surface area contributed by atoms with Gasteiger partial charge in [-0.05, 0) is 57.1 Å². The highest BCUT2D eigenvalue weighted by Gasteiger charge is 2.50. The Labute approximate surface area is 119 Å². The third kappa shape index (κ3) is 2.21. The first-order chi connectivity index (χ1) is 9.01. The van der Waals surface area contributed by atoms with Gasteiger partial charge in [-0.15, -0.1) is 11.3 Å². The molecule has 19 heavy (non-hydrogen) atoms. The summed E-state index contributed by atoms with van der Waals surface area (Å²) in [7, 11) is 4.31. The lowest BCUT2D eigenvalue weighted by Gasteiger charge is -2.48. The number of aryl methyl sites for hydroxylation is 1. The topological polar surface area (TPSA) is 23.6 Å². The fraction of sp³-hybridized carbons (Fsp3) is 0.667. The number of carbonyl (C=O) groups excluding carboxylic acids is 1. The Morgan fingerprint density at radius 3 is 2.79 bits per heavy atom. The maximum atomic E-state index is 12.5. The quantitative estimate of drug-likeness (QED) is 0.830. The summed E-state index contributed by atoms with van der Waals surface area (Å²) in [5.41, 5.74) is 1.33. The summed E-state index contributed by atoms with van der Waals surface area (Å²) in [5.74, 6) is 0.240. The fourth-order valence-electron chi connectivity index (χ4n) is 3.52. The van der Waals surface area contributed by atoms with Gasteiger partial charge in [-0.25, -0.2) is 0 Å². The van der Waals surface area contributed by atoms with Crippen molar-refractivity contribution in [2.75, 3.05) is 27.2 Å². The van der Waals surface area contributed by atoms with Crippen molar-refractivity contribution < 1.29 is 4.79 Å². The third-order valence-corrected chi connectivity index (χ3v) is 5.73. The lowest BCUT2D eigenvalue weighted by atomic mass is 9.64. The van der Waals surface area contributed by atoms with Crippen LogP contribution in [0.3, 0.4) is 0 Å². The zero-order valence-corrected chi connectivity index (χ0v) is 12.8. The normalized spacial score (nSPS) is 30.1. The van der Waals surface area contributed by atoms with E-state index in [1.54, 1.807) is 11.3 Å². The van der Waals surface area contributed by atoms with Gasteiger partial charge in [0.1, 0.15) is 0 Å². The minimum Gasteiger partial charge on any atom is -0.338 e. The highest BCUT2D eigenvalue weighted by molar-refractivity contribution is 7.10. The molecule has 1 aliphatic carbocycles. The molecule has 0 aromatic carbocycles. The second-order valence-electron chi connectivity index (χ2n) is 6.39. The summed E-state index contributed by atoms with van der Waals surface area (Å²) >= 11 is 1.66. The largest absolute Gasteiger partial charge is 0.338 e. The number of hydrogen-bond donors (Lipinski definition) is 0. The van der Waals surface area contributed by atoms with E-state index in [9.17, 15) is 4.79 Å². The molecule has 2 heterocycles. The summed E-state index contributed by atoms with van der Waals surface area (Å²) in [5, 5.41) is 2.01. The molecule has 0 bridgehead atoms. The van der Waals surface area contributed by atoms with Crippen LogP contribution in [0.25, 0.3) is 0 Å². The van der Waals surface area contributed by atoms with Crippen molar-refractivity contribution in [3.63, 3.8) is 0 Å². The van der Waals surface area contributed by atoms with Gasteiger partial charge in [0.2, 0.25) is 0 Å². The van der Waals surface area contributed by atoms with Crippen LogP contribution in [0.5, 0.6) is 0 Å². The zero-order chi connectivity index (χ0) is 13.6. The Morgan fingerprint density at radius 2 is 2.21 bits per heavy atom. The molecule has 1 amide bonds. The number of amides is 1. The zero-order valence-electron chi connectivity index (χ0n) is 12.0. The standard InChI is InChI=1S/C15H22N2OS/c1-11-13(4-7-19-11)14(18)17-6-5-15(10-17)8-12(9-15)16(2)3/h4,7,12H,5-6,8-10H2,1-3H3. The second-order valence-corrected chi connectivity index (χ2v) is 7.51. The number of nitrogens with zero attached hydrogens (tertiary/aromatic N) is 2. The first-order valence-corrected chi connectivity index (χ1v) is 7.89. The van der Waals surface area contributed by atoms with Crippen LogP contribution in [0.2, 0.25) is 0 Å². The number of rotatable bonds is 2. The molecule has 0 unspecified atom stereocenters. The summed E-state index contributed by atoms with van der Waals surface area (Å²) in [6.45, 7) is 3.94. The summed E-state index contributed by atoms with van der Waals surface area (Å²) in [4.78, 5) is 18.0. The molecule has 1 saturated carbocycles. The Kier molecular flexibility index (Phi) is 3.18. The molecular formula is C15H22N2OS. The van der Waals surface area contributed by atoms with Gasteiger partial charge < -0.3 is 9.80 Å². The number of hydrogen-bond acceptors (Lipinski definition) is 3. The molecule has 1 saturated heterocycles. The van der Waals surface area contributed by atoms with Gasteiger partial charge >= 0.3 is 0 Å². The minimum atomic E-state index is 0.240. The average molecular weight is 278 g/mol. The van der Waals surface area contributed by atoms with E-state index in [4.69, 9.17) is 0 Å². The molecule has 3 nitrogen and oxygen atoms in total. The van der Waals surface area contributed by atoms with E-state index in [1.165, 1.54) is 19.3 Å². The Hall–Kier alpha value is -0.870. The van der Waals surface area contributed by atoms with Crippen LogP contribution in [-0.4, -0.2) is 48.9 Å². The third-order valence-electron chi connectivity index (χ3n) is 4.88. The van der Waals surface area contributed by atoms with Crippen molar-refractivity contribution >= 4 is 17.2 Å². The number of likely N-dealkylation sites (tertiary alicyclic amines) is 1. The van der Waals surface area contributed by atoms with Crippen molar-refractivity contribution in [1.29, 1.82) is 0 Å². The van der Waals surface area contributed by atoms with Crippen molar-refractivity contribution in [3.05, 3.63) is 21.9 Å². The molecule has 2 fully saturated rings. The Balaban J connectivity index is 1.64. The lowest BCUT2D eigenvalue weighted by Crippen LogP contribution is -2.49. The minimum absolute atomic E-state index is 0.240. The molecule has 4 heteroatoms. The van der Waals surface area contributed by atoms with Crippen LogP contribution < -0.4 is 0 Å². The predicted molar refractivity (Wildman–Crippen MR) is 78.7 cm³/mol. The molecule has 104 valence electrons. The monoisotopic (exact) mass is 278 g/mol. The first-order valence-electron chi connectivity index (χ1n) is 7.01. The van der Waals surface area contributed by atoms with E-state index in [2.05, 4.69) is 23.9 Å². The molecule has 1 aromatic heterocycles. The molecule has 0 N–H and O–H groups in total. The van der Waals surface area contributed by atoms with Crippen LogP contribution in [-0.2, 0) is 0 Å². The van der Waals surface area contributed by atoms with Crippen molar-refractivity contribution in [3.8, 4) is 0 Å². The van der Waals surface area contributed by atoms with Crippen LogP contribution in [0.1, 0.15) is 34.5 Å². The van der Waals surface area contributed by atoms with Crippen molar-refractivity contribution in [2.24, 2.45) is 5.41 Å². The Morgan fingerprint density at radius 1 is 1.47 bits per heavy atom. The maximum absolute atomic E-state index is 12.5. The van der Waals surface area contributed by atoms with Gasteiger partial charge in [0.05, 0.1) is 5.56 Å². The van der Waals surface area contributed by atoms with Gasteiger partial charge in [0.25, 0.3) is 5.91 Å². The average Bonchev–Trinajstić information content (AvgIpc) is 2.91. The van der Waals surface area contributed by atoms with Gasteiger partial charge in [0.15, 0.2) is 0 Å². The van der Waals surface area contributed by atoms with Gasteiger partial charge in [0, 0.05) is 24.0 Å². The molecule has 0 atom stereocenters. The maximum Gasteiger partial charge on any atom is 0.254 e. The smallest absolute Gasteiger partial charge is 0.254 e. The molecular weight excluding hydrogens is 256 g/mol.